The van der Waals surface area contributed by atoms with Gasteiger partial charge in [-0.15, -0.1) is 0 Å². The molecule has 0 radical (unpaired) electrons. The van der Waals surface area contributed by atoms with Crippen LogP contribution in [0.5, 0.6) is 0 Å². The van der Waals surface area contributed by atoms with Gasteiger partial charge in [0, 0.05) is 12.2 Å². The maximum atomic E-state index is 9.39. The van der Waals surface area contributed by atoms with E-state index in [0.29, 0.717) is 31.1 Å². The highest BCUT2D eigenvalue weighted by Crippen LogP contribution is 2.22. The first-order chi connectivity index (χ1) is 8.63. The third kappa shape index (κ3) is 2.44. The van der Waals surface area contributed by atoms with E-state index in [-0.39, 0.29) is 18.5 Å². The molecule has 1 aromatic rings. The molecule has 0 aliphatic carbocycles. The maximum absolute atomic E-state index is 9.39. The molecule has 0 bridgehead atoms. The third-order valence-corrected chi connectivity index (χ3v) is 3.01. The Kier molecular flexibility index (Phi) is 3.78. The van der Waals surface area contributed by atoms with Crippen molar-refractivity contribution in [3.05, 3.63) is 23.4 Å². The predicted octanol–water partition coefficient (Wildman–Crippen LogP) is -0.128. The molecule has 6 heteroatoms. The minimum Gasteiger partial charge on any atom is -0.394 e. The molecule has 1 fully saturated rings. The molecule has 18 heavy (non-hydrogen) atoms. The molecule has 4 N–H and O–H groups in total. The monoisotopic (exact) mass is 250 g/mol. The van der Waals surface area contributed by atoms with Gasteiger partial charge in [-0.25, -0.2) is 4.98 Å². The summed E-state index contributed by atoms with van der Waals surface area (Å²) in [7, 11) is 0. The van der Waals surface area contributed by atoms with Crippen LogP contribution in [0.3, 0.4) is 0 Å². The lowest BCUT2D eigenvalue weighted by Gasteiger charge is -2.36. The van der Waals surface area contributed by atoms with Crippen LogP contribution < -0.4 is 10.6 Å². The number of nitrogen functional groups attached to an aromatic ring is 1. The van der Waals surface area contributed by atoms with Gasteiger partial charge in [-0.05, 0) is 19.1 Å². The SMILES string of the molecule is Cc1ccc(C(=N)N)c(N2CCOCC2CO)n1. The lowest BCUT2D eigenvalue weighted by Crippen LogP contribution is -2.48. The van der Waals surface area contributed by atoms with Crippen LogP contribution in [0.1, 0.15) is 11.3 Å². The standard InChI is InChI=1S/C12H18N4O2/c1-8-2-3-10(11(13)14)12(15-8)16-4-5-18-7-9(16)6-17/h2-3,9,17H,4-7H2,1H3,(H3,13,14). The van der Waals surface area contributed by atoms with Gasteiger partial charge < -0.3 is 20.5 Å². The molecule has 2 heterocycles. The van der Waals surface area contributed by atoms with Gasteiger partial charge >= 0.3 is 0 Å². The summed E-state index contributed by atoms with van der Waals surface area (Å²) >= 11 is 0. The highest BCUT2D eigenvalue weighted by atomic mass is 16.5. The van der Waals surface area contributed by atoms with Crippen molar-refractivity contribution < 1.29 is 9.84 Å². The molecular formula is C12H18N4O2. The number of amidine groups is 1. The number of hydrogen-bond acceptors (Lipinski definition) is 5. The number of nitrogens with zero attached hydrogens (tertiary/aromatic N) is 2. The van der Waals surface area contributed by atoms with Crippen molar-refractivity contribution in [1.82, 2.24) is 4.98 Å². The average Bonchev–Trinajstić information content (AvgIpc) is 2.38. The van der Waals surface area contributed by atoms with Crippen molar-refractivity contribution >= 4 is 11.7 Å². The fourth-order valence-corrected chi connectivity index (χ4v) is 2.06. The van der Waals surface area contributed by atoms with Crippen molar-refractivity contribution in [3.63, 3.8) is 0 Å². The van der Waals surface area contributed by atoms with Crippen LogP contribution >= 0.6 is 0 Å². The first-order valence-electron chi connectivity index (χ1n) is 5.90. The van der Waals surface area contributed by atoms with E-state index in [4.69, 9.17) is 15.9 Å². The number of rotatable bonds is 3. The number of aliphatic hydroxyl groups excluding tert-OH is 1. The molecule has 1 saturated heterocycles. The molecule has 0 amide bonds. The Labute approximate surface area is 106 Å². The Morgan fingerprint density at radius 2 is 2.44 bits per heavy atom. The Bertz CT molecular complexity index is 450. The maximum Gasteiger partial charge on any atom is 0.140 e. The zero-order valence-corrected chi connectivity index (χ0v) is 10.4. The number of nitrogens with one attached hydrogen (secondary N) is 1. The van der Waals surface area contributed by atoms with E-state index in [1.54, 1.807) is 6.07 Å². The number of nitrogens with two attached hydrogens (primary N) is 1. The van der Waals surface area contributed by atoms with Crippen LogP contribution in [-0.2, 0) is 4.74 Å². The molecule has 98 valence electrons. The van der Waals surface area contributed by atoms with Crippen molar-refractivity contribution in [1.29, 1.82) is 5.41 Å². The van der Waals surface area contributed by atoms with E-state index in [2.05, 4.69) is 4.98 Å². The highest BCUT2D eigenvalue weighted by molar-refractivity contribution is 5.99. The van der Waals surface area contributed by atoms with Crippen LogP contribution in [0.25, 0.3) is 0 Å². The second kappa shape index (κ2) is 5.32. The van der Waals surface area contributed by atoms with Crippen LogP contribution in [0.15, 0.2) is 12.1 Å². The molecule has 0 spiro atoms. The van der Waals surface area contributed by atoms with Gasteiger partial charge in [0.1, 0.15) is 11.7 Å². The zero-order chi connectivity index (χ0) is 13.1. The normalized spacial score (nSPS) is 19.9. The number of aromatic nitrogens is 1. The molecule has 1 aliphatic heterocycles. The van der Waals surface area contributed by atoms with E-state index in [1.165, 1.54) is 0 Å². The Morgan fingerprint density at radius 1 is 1.67 bits per heavy atom. The highest BCUT2D eigenvalue weighted by Gasteiger charge is 2.26. The minimum absolute atomic E-state index is 0.00698. The summed E-state index contributed by atoms with van der Waals surface area (Å²) in [6.45, 7) is 3.57. The first kappa shape index (κ1) is 12.8. The Morgan fingerprint density at radius 3 is 3.11 bits per heavy atom. The average molecular weight is 250 g/mol. The van der Waals surface area contributed by atoms with E-state index in [9.17, 15) is 5.11 Å². The number of aryl methyl sites for hydroxylation is 1. The van der Waals surface area contributed by atoms with Gasteiger partial charge in [-0.2, -0.15) is 0 Å². The van der Waals surface area contributed by atoms with E-state index in [1.807, 2.05) is 17.9 Å². The number of aliphatic hydroxyl groups is 1. The summed E-state index contributed by atoms with van der Waals surface area (Å²) in [5.41, 5.74) is 7.04. The minimum atomic E-state index is -0.133. The van der Waals surface area contributed by atoms with Gasteiger partial charge in [0.2, 0.25) is 0 Å². The Balaban J connectivity index is 2.41. The second-order valence-electron chi connectivity index (χ2n) is 4.34. The Hall–Kier alpha value is -1.66. The second-order valence-corrected chi connectivity index (χ2v) is 4.34. The van der Waals surface area contributed by atoms with Gasteiger partial charge in [0.25, 0.3) is 0 Å². The van der Waals surface area contributed by atoms with Crippen LogP contribution in [0.2, 0.25) is 0 Å². The third-order valence-electron chi connectivity index (χ3n) is 3.01. The summed E-state index contributed by atoms with van der Waals surface area (Å²) in [4.78, 5) is 6.42. The fraction of sp³-hybridized carbons (Fsp3) is 0.500. The molecular weight excluding hydrogens is 232 g/mol. The zero-order valence-electron chi connectivity index (χ0n) is 10.4. The number of anilines is 1. The summed E-state index contributed by atoms with van der Waals surface area (Å²) in [5.74, 6) is 0.644. The summed E-state index contributed by atoms with van der Waals surface area (Å²) in [6.07, 6.45) is 0. The number of ether oxygens (including phenoxy) is 1. The number of pyridine rings is 1. The van der Waals surface area contributed by atoms with Crippen LogP contribution in [0, 0.1) is 12.3 Å². The van der Waals surface area contributed by atoms with Crippen molar-refractivity contribution in [3.8, 4) is 0 Å². The topological polar surface area (TPSA) is 95.5 Å². The van der Waals surface area contributed by atoms with Crippen molar-refractivity contribution in [2.75, 3.05) is 31.3 Å². The molecule has 1 unspecified atom stereocenters. The largest absolute Gasteiger partial charge is 0.394 e. The summed E-state index contributed by atoms with van der Waals surface area (Å²) in [5, 5.41) is 17.0. The van der Waals surface area contributed by atoms with Gasteiger partial charge in [0.05, 0.1) is 31.4 Å². The number of morpholine rings is 1. The van der Waals surface area contributed by atoms with E-state index >= 15 is 0 Å². The fourth-order valence-electron chi connectivity index (χ4n) is 2.06. The quantitative estimate of drug-likeness (QED) is 0.513. The van der Waals surface area contributed by atoms with Gasteiger partial charge in [-0.1, -0.05) is 0 Å². The molecule has 1 atom stereocenters. The van der Waals surface area contributed by atoms with Crippen molar-refractivity contribution in [2.24, 2.45) is 5.73 Å². The molecule has 1 aliphatic rings. The van der Waals surface area contributed by atoms with E-state index < -0.39 is 0 Å². The smallest absolute Gasteiger partial charge is 0.140 e. The van der Waals surface area contributed by atoms with Crippen molar-refractivity contribution in [2.45, 2.75) is 13.0 Å². The van der Waals surface area contributed by atoms with Crippen LogP contribution in [0.4, 0.5) is 5.82 Å². The number of hydrogen-bond donors (Lipinski definition) is 3. The molecule has 0 saturated carbocycles. The lowest BCUT2D eigenvalue weighted by molar-refractivity contribution is 0.0722. The summed E-state index contributed by atoms with van der Waals surface area (Å²) < 4.78 is 5.34. The van der Waals surface area contributed by atoms with Gasteiger partial charge in [0.15, 0.2) is 0 Å². The molecule has 0 aromatic carbocycles. The predicted molar refractivity (Wildman–Crippen MR) is 69.0 cm³/mol. The van der Waals surface area contributed by atoms with Gasteiger partial charge in [-0.3, -0.25) is 5.41 Å². The lowest BCUT2D eigenvalue weighted by atomic mass is 10.1. The molecule has 6 nitrogen and oxygen atoms in total. The molecule has 1 aromatic heterocycles. The van der Waals surface area contributed by atoms with E-state index in [0.717, 1.165) is 5.69 Å². The summed E-state index contributed by atoms with van der Waals surface area (Å²) in [6, 6.07) is 3.49. The van der Waals surface area contributed by atoms with Crippen LogP contribution in [-0.4, -0.2) is 48.3 Å². The molecule has 2 rings (SSSR count). The first-order valence-corrected chi connectivity index (χ1v) is 5.90.